The average molecular weight is 209 g/mol. The van der Waals surface area contributed by atoms with Gasteiger partial charge >= 0.3 is 0 Å². The van der Waals surface area contributed by atoms with Gasteiger partial charge in [0, 0.05) is 26.2 Å². The van der Waals surface area contributed by atoms with Crippen LogP contribution in [0.3, 0.4) is 0 Å². The summed E-state index contributed by atoms with van der Waals surface area (Å²) in [6.45, 7) is 4.48. The Morgan fingerprint density at radius 1 is 1.54 bits per heavy atom. The molecular formula is C7H19N3O2S. The highest BCUT2D eigenvalue weighted by molar-refractivity contribution is 7.87. The van der Waals surface area contributed by atoms with Gasteiger partial charge in [-0.25, -0.2) is 4.72 Å². The van der Waals surface area contributed by atoms with E-state index < -0.39 is 10.2 Å². The average Bonchev–Trinajstić information content (AvgIpc) is 1.99. The molecule has 0 aromatic rings. The number of nitrogens with zero attached hydrogens (tertiary/aromatic N) is 1. The predicted molar refractivity (Wildman–Crippen MR) is 53.5 cm³/mol. The lowest BCUT2D eigenvalue weighted by Gasteiger charge is -2.19. The summed E-state index contributed by atoms with van der Waals surface area (Å²) in [7, 11) is -1.80. The summed E-state index contributed by atoms with van der Waals surface area (Å²) >= 11 is 0. The molecule has 0 aromatic heterocycles. The molecule has 1 unspecified atom stereocenters. The zero-order chi connectivity index (χ0) is 10.5. The second kappa shape index (κ2) is 5.54. The largest absolute Gasteiger partial charge is 0.327 e. The van der Waals surface area contributed by atoms with Gasteiger partial charge in [0.1, 0.15) is 0 Å². The Bertz CT molecular complexity index is 226. The topological polar surface area (TPSA) is 75.4 Å². The lowest BCUT2D eigenvalue weighted by molar-refractivity contribution is 0.436. The Labute approximate surface area is 80.5 Å². The van der Waals surface area contributed by atoms with Crippen LogP contribution in [0.4, 0.5) is 0 Å². The van der Waals surface area contributed by atoms with Gasteiger partial charge in [-0.3, -0.25) is 0 Å². The number of hydrogen-bond acceptors (Lipinski definition) is 3. The maximum absolute atomic E-state index is 11.4. The molecule has 0 radical (unpaired) electrons. The molecule has 0 fully saturated rings. The third-order valence-electron chi connectivity index (χ3n) is 1.49. The zero-order valence-electron chi connectivity index (χ0n) is 8.45. The summed E-state index contributed by atoms with van der Waals surface area (Å²) in [6, 6.07) is -0.150. The van der Waals surface area contributed by atoms with Crippen LogP contribution in [0.5, 0.6) is 0 Å². The van der Waals surface area contributed by atoms with Crippen LogP contribution in [0.1, 0.15) is 20.3 Å². The predicted octanol–water partition coefficient (Wildman–Crippen LogP) is -0.490. The number of hydrogen-bond donors (Lipinski definition) is 2. The van der Waals surface area contributed by atoms with E-state index in [4.69, 9.17) is 5.73 Å². The van der Waals surface area contributed by atoms with Gasteiger partial charge in [-0.1, -0.05) is 6.92 Å². The molecule has 0 saturated heterocycles. The molecule has 1 atom stereocenters. The van der Waals surface area contributed by atoms with Crippen molar-refractivity contribution in [3.05, 3.63) is 0 Å². The Morgan fingerprint density at radius 2 is 2.08 bits per heavy atom. The summed E-state index contributed by atoms with van der Waals surface area (Å²) in [5.41, 5.74) is 5.48. The fraction of sp³-hybridized carbons (Fsp3) is 1.00. The Morgan fingerprint density at radius 3 is 2.46 bits per heavy atom. The molecule has 0 bridgehead atoms. The van der Waals surface area contributed by atoms with E-state index in [2.05, 4.69) is 4.72 Å². The van der Waals surface area contributed by atoms with Crippen LogP contribution in [-0.2, 0) is 10.2 Å². The molecule has 0 aliphatic carbocycles. The highest BCUT2D eigenvalue weighted by atomic mass is 32.2. The van der Waals surface area contributed by atoms with Crippen LogP contribution in [0.2, 0.25) is 0 Å². The van der Waals surface area contributed by atoms with E-state index in [1.54, 1.807) is 6.92 Å². The summed E-state index contributed by atoms with van der Waals surface area (Å²) < 4.78 is 26.5. The molecule has 0 aliphatic heterocycles. The first kappa shape index (κ1) is 12.8. The van der Waals surface area contributed by atoms with E-state index in [-0.39, 0.29) is 6.04 Å². The molecule has 80 valence electrons. The maximum Gasteiger partial charge on any atom is 0.279 e. The summed E-state index contributed by atoms with van der Waals surface area (Å²) in [5, 5.41) is 0. The van der Waals surface area contributed by atoms with E-state index in [9.17, 15) is 8.42 Å². The van der Waals surface area contributed by atoms with Crippen LogP contribution in [0.15, 0.2) is 0 Å². The van der Waals surface area contributed by atoms with Gasteiger partial charge < -0.3 is 5.73 Å². The van der Waals surface area contributed by atoms with Gasteiger partial charge in [0.2, 0.25) is 0 Å². The van der Waals surface area contributed by atoms with Crippen molar-refractivity contribution in [1.82, 2.24) is 9.03 Å². The van der Waals surface area contributed by atoms with E-state index in [0.29, 0.717) is 13.1 Å². The minimum absolute atomic E-state index is 0.150. The second-order valence-electron chi connectivity index (χ2n) is 3.16. The number of nitrogens with one attached hydrogen (secondary N) is 1. The van der Waals surface area contributed by atoms with Crippen molar-refractivity contribution in [2.75, 3.05) is 20.1 Å². The minimum atomic E-state index is -3.31. The molecule has 3 N–H and O–H groups in total. The van der Waals surface area contributed by atoms with Crippen molar-refractivity contribution in [1.29, 1.82) is 0 Å². The van der Waals surface area contributed by atoms with Gasteiger partial charge in [0.15, 0.2) is 0 Å². The Kier molecular flexibility index (Phi) is 5.46. The number of rotatable bonds is 6. The number of nitrogens with two attached hydrogens (primary N) is 1. The smallest absolute Gasteiger partial charge is 0.279 e. The van der Waals surface area contributed by atoms with Gasteiger partial charge in [-0.15, -0.1) is 0 Å². The third kappa shape index (κ3) is 5.20. The van der Waals surface area contributed by atoms with E-state index >= 15 is 0 Å². The molecule has 0 saturated carbocycles. The number of likely N-dealkylation sites (N-methyl/N-ethyl adjacent to an activating group) is 1. The molecule has 6 heteroatoms. The highest BCUT2D eigenvalue weighted by Crippen LogP contribution is 1.94. The van der Waals surface area contributed by atoms with Crippen molar-refractivity contribution in [3.63, 3.8) is 0 Å². The standard InChI is InChI=1S/C7H19N3O2S/c1-4-5-9-13(11,12)10(3)6-7(2)8/h7,9H,4-6,8H2,1-3H3. The fourth-order valence-corrected chi connectivity index (χ4v) is 1.96. The summed E-state index contributed by atoms with van der Waals surface area (Å²) in [4.78, 5) is 0. The highest BCUT2D eigenvalue weighted by Gasteiger charge is 2.16. The fourth-order valence-electron chi connectivity index (χ4n) is 0.845. The maximum atomic E-state index is 11.4. The van der Waals surface area contributed by atoms with Crippen molar-refractivity contribution in [2.24, 2.45) is 5.73 Å². The van der Waals surface area contributed by atoms with Gasteiger partial charge in [0.05, 0.1) is 0 Å². The van der Waals surface area contributed by atoms with Crippen molar-refractivity contribution >= 4 is 10.2 Å². The van der Waals surface area contributed by atoms with Crippen molar-refractivity contribution < 1.29 is 8.42 Å². The Balaban J connectivity index is 4.12. The normalized spacial score (nSPS) is 14.8. The van der Waals surface area contributed by atoms with Gasteiger partial charge in [0.25, 0.3) is 10.2 Å². The van der Waals surface area contributed by atoms with E-state index in [0.717, 1.165) is 6.42 Å². The Hall–Kier alpha value is -0.170. The monoisotopic (exact) mass is 209 g/mol. The zero-order valence-corrected chi connectivity index (χ0v) is 9.26. The van der Waals surface area contributed by atoms with E-state index in [1.807, 2.05) is 6.92 Å². The summed E-state index contributed by atoms with van der Waals surface area (Å²) in [5.74, 6) is 0. The quantitative estimate of drug-likeness (QED) is 0.620. The van der Waals surface area contributed by atoms with Crippen LogP contribution in [0.25, 0.3) is 0 Å². The SMILES string of the molecule is CCCNS(=O)(=O)N(C)CC(C)N. The lowest BCUT2D eigenvalue weighted by atomic mass is 10.4. The van der Waals surface area contributed by atoms with Gasteiger partial charge in [-0.2, -0.15) is 12.7 Å². The molecule has 0 rings (SSSR count). The lowest BCUT2D eigenvalue weighted by Crippen LogP contribution is -2.43. The van der Waals surface area contributed by atoms with Gasteiger partial charge in [-0.05, 0) is 13.3 Å². The second-order valence-corrected chi connectivity index (χ2v) is 5.02. The molecule has 13 heavy (non-hydrogen) atoms. The van der Waals surface area contributed by atoms with E-state index in [1.165, 1.54) is 11.4 Å². The summed E-state index contributed by atoms with van der Waals surface area (Å²) in [6.07, 6.45) is 0.783. The first-order valence-corrected chi connectivity index (χ1v) is 5.80. The van der Waals surface area contributed by atoms with Crippen LogP contribution in [-0.4, -0.2) is 38.9 Å². The van der Waals surface area contributed by atoms with Crippen molar-refractivity contribution in [2.45, 2.75) is 26.3 Å². The van der Waals surface area contributed by atoms with Crippen LogP contribution >= 0.6 is 0 Å². The molecule has 0 heterocycles. The van der Waals surface area contributed by atoms with Crippen LogP contribution in [0, 0.1) is 0 Å². The molecule has 0 amide bonds. The first-order chi connectivity index (χ1) is 5.90. The first-order valence-electron chi connectivity index (χ1n) is 4.36. The minimum Gasteiger partial charge on any atom is -0.327 e. The molecule has 0 spiro atoms. The molecular weight excluding hydrogens is 190 g/mol. The van der Waals surface area contributed by atoms with Crippen LogP contribution < -0.4 is 10.5 Å². The van der Waals surface area contributed by atoms with Crippen molar-refractivity contribution in [3.8, 4) is 0 Å². The third-order valence-corrected chi connectivity index (χ3v) is 3.03. The molecule has 5 nitrogen and oxygen atoms in total. The molecule has 0 aliphatic rings. The molecule has 0 aromatic carbocycles.